The van der Waals surface area contributed by atoms with E-state index in [0.29, 0.717) is 42.6 Å². The van der Waals surface area contributed by atoms with E-state index in [1.54, 1.807) is 6.20 Å². The summed E-state index contributed by atoms with van der Waals surface area (Å²) < 4.78 is 24.7. The molecule has 3 aromatic carbocycles. The Morgan fingerprint density at radius 1 is 0.880 bits per heavy atom. The normalized spacial score (nSPS) is 17.4. The van der Waals surface area contributed by atoms with Gasteiger partial charge in [0.15, 0.2) is 0 Å². The number of hydrogen-bond acceptors (Lipinski definition) is 8. The highest BCUT2D eigenvalue weighted by molar-refractivity contribution is 6.32. The summed E-state index contributed by atoms with van der Waals surface area (Å²) in [6.07, 6.45) is 7.05. The molecule has 0 radical (unpaired) electrons. The van der Waals surface area contributed by atoms with Crippen LogP contribution in [0.5, 0.6) is 17.2 Å². The molecule has 9 heteroatoms. The minimum atomic E-state index is 0.375. The number of pyridine rings is 1. The highest BCUT2D eigenvalue weighted by Crippen LogP contribution is 2.39. The molecule has 266 valence electrons. The van der Waals surface area contributed by atoms with Crippen LogP contribution >= 0.6 is 11.6 Å². The summed E-state index contributed by atoms with van der Waals surface area (Å²) in [7, 11) is 1.94. The highest BCUT2D eigenvalue weighted by Gasteiger charge is 2.40. The maximum atomic E-state index is 6.80. The summed E-state index contributed by atoms with van der Waals surface area (Å²) in [5.74, 6) is 2.26. The Labute approximate surface area is 302 Å². The van der Waals surface area contributed by atoms with Crippen LogP contribution in [-0.4, -0.2) is 69.5 Å². The molecule has 1 aromatic heterocycles. The lowest BCUT2D eigenvalue weighted by Gasteiger charge is -2.22. The van der Waals surface area contributed by atoms with Crippen LogP contribution < -0.4 is 24.8 Å². The number of likely N-dealkylation sites (N-methyl/N-ethyl adjacent to an activating group) is 1. The molecule has 2 saturated heterocycles. The van der Waals surface area contributed by atoms with Gasteiger partial charge in [0.25, 0.3) is 0 Å². The van der Waals surface area contributed by atoms with Crippen molar-refractivity contribution < 1.29 is 18.9 Å². The van der Waals surface area contributed by atoms with Crippen molar-refractivity contribution in [1.29, 1.82) is 0 Å². The van der Waals surface area contributed by atoms with Gasteiger partial charge >= 0.3 is 0 Å². The molecule has 50 heavy (non-hydrogen) atoms. The third kappa shape index (κ3) is 9.16. The fraction of sp³-hybridized carbons (Fsp3) is 0.439. The Morgan fingerprint density at radius 2 is 1.72 bits per heavy atom. The molecule has 0 amide bonds. The summed E-state index contributed by atoms with van der Waals surface area (Å²) >= 11 is 6.80. The van der Waals surface area contributed by atoms with Crippen molar-refractivity contribution in [3.63, 3.8) is 0 Å². The SMILES string of the molecule is CNCCNCc1cc(Cl)c(OCc2cccc(-c3cccc(OCCCN4CCC5(CCOC5)C4)c3C)c2C)cc1OCc1cccnc1. The van der Waals surface area contributed by atoms with Crippen molar-refractivity contribution in [3.8, 4) is 28.4 Å². The molecule has 1 atom stereocenters. The van der Waals surface area contributed by atoms with E-state index in [9.17, 15) is 0 Å². The van der Waals surface area contributed by atoms with E-state index in [4.69, 9.17) is 30.5 Å². The largest absolute Gasteiger partial charge is 0.493 e. The summed E-state index contributed by atoms with van der Waals surface area (Å²) in [5, 5.41) is 7.16. The number of nitrogens with one attached hydrogen (secondary N) is 2. The minimum absolute atomic E-state index is 0.375. The van der Waals surface area contributed by atoms with Gasteiger partial charge in [-0.3, -0.25) is 4.98 Å². The summed E-state index contributed by atoms with van der Waals surface area (Å²) in [6, 6.07) is 20.5. The average Bonchev–Trinajstić information content (AvgIpc) is 3.77. The van der Waals surface area contributed by atoms with Crippen LogP contribution in [0.15, 0.2) is 73.1 Å². The summed E-state index contributed by atoms with van der Waals surface area (Å²) in [6.45, 7) is 13.4. The van der Waals surface area contributed by atoms with Gasteiger partial charge in [-0.15, -0.1) is 0 Å². The Kier molecular flexibility index (Phi) is 12.7. The molecule has 3 heterocycles. The van der Waals surface area contributed by atoms with Crippen LogP contribution in [0.3, 0.4) is 0 Å². The van der Waals surface area contributed by atoms with Gasteiger partial charge in [0.05, 0.1) is 18.2 Å². The molecular weight excluding hydrogens is 648 g/mol. The van der Waals surface area contributed by atoms with Gasteiger partial charge in [-0.2, -0.15) is 0 Å². The van der Waals surface area contributed by atoms with E-state index in [0.717, 1.165) is 79.6 Å². The minimum Gasteiger partial charge on any atom is -0.493 e. The maximum Gasteiger partial charge on any atom is 0.142 e. The predicted octanol–water partition coefficient (Wildman–Crippen LogP) is 7.37. The number of aromatic nitrogens is 1. The zero-order valence-electron chi connectivity index (χ0n) is 29.7. The number of rotatable bonds is 17. The maximum absolute atomic E-state index is 6.80. The highest BCUT2D eigenvalue weighted by atomic mass is 35.5. The van der Waals surface area contributed by atoms with Crippen molar-refractivity contribution in [1.82, 2.24) is 20.5 Å². The molecule has 2 fully saturated rings. The number of benzene rings is 3. The number of ether oxygens (including phenoxy) is 4. The van der Waals surface area contributed by atoms with Gasteiger partial charge in [-0.25, -0.2) is 0 Å². The fourth-order valence-corrected chi connectivity index (χ4v) is 7.29. The Morgan fingerprint density at radius 3 is 2.52 bits per heavy atom. The van der Waals surface area contributed by atoms with Crippen LogP contribution in [0.1, 0.15) is 47.1 Å². The van der Waals surface area contributed by atoms with Crippen molar-refractivity contribution in [2.45, 2.75) is 52.9 Å². The fourth-order valence-electron chi connectivity index (χ4n) is 7.05. The standard InChI is InChI=1S/C41H51ClN4O4/c1-30-33(27-50-40-23-39(49-26-32-8-6-15-44-24-32)34(22-37(40)42)25-45-17-16-43-3)9-4-10-35(30)36-11-5-12-38(31(36)2)48-20-7-18-46-19-13-41(28-46)14-21-47-29-41/h4-6,8-12,15,22-24,43,45H,7,13-14,16-21,25-29H2,1-3H3. The topological polar surface area (TPSA) is 77.1 Å². The van der Waals surface area contributed by atoms with E-state index >= 15 is 0 Å². The smallest absolute Gasteiger partial charge is 0.142 e. The molecule has 1 spiro atoms. The first-order valence-electron chi connectivity index (χ1n) is 17.9. The van der Waals surface area contributed by atoms with E-state index in [1.165, 1.54) is 36.1 Å². The molecule has 0 aliphatic carbocycles. The Hall–Kier alpha value is -3.66. The molecule has 8 nitrogen and oxygen atoms in total. The molecule has 1 unspecified atom stereocenters. The van der Waals surface area contributed by atoms with Crippen molar-refractivity contribution >= 4 is 11.6 Å². The van der Waals surface area contributed by atoms with E-state index < -0.39 is 0 Å². The molecule has 2 aliphatic rings. The monoisotopic (exact) mass is 698 g/mol. The Balaban J connectivity index is 1.10. The van der Waals surface area contributed by atoms with E-state index in [2.05, 4.69) is 70.8 Å². The Bertz CT molecular complexity index is 1700. The van der Waals surface area contributed by atoms with Gasteiger partial charge in [0.2, 0.25) is 0 Å². The lowest BCUT2D eigenvalue weighted by molar-refractivity contribution is 0.151. The average molecular weight is 699 g/mol. The molecular formula is C41H51ClN4O4. The molecule has 2 N–H and O–H groups in total. The summed E-state index contributed by atoms with van der Waals surface area (Å²) in [5.41, 5.74) is 8.12. The molecule has 6 rings (SSSR count). The van der Waals surface area contributed by atoms with Gasteiger partial charge < -0.3 is 34.5 Å². The van der Waals surface area contributed by atoms with Crippen molar-refractivity contribution in [2.75, 3.05) is 59.6 Å². The van der Waals surface area contributed by atoms with Crippen LogP contribution in [0.4, 0.5) is 0 Å². The van der Waals surface area contributed by atoms with Crippen LogP contribution in [0.2, 0.25) is 5.02 Å². The number of hydrogen-bond donors (Lipinski definition) is 2. The van der Waals surface area contributed by atoms with Gasteiger partial charge in [-0.1, -0.05) is 48.0 Å². The van der Waals surface area contributed by atoms with E-state index in [1.807, 2.05) is 37.5 Å². The molecule has 4 aromatic rings. The first kappa shape index (κ1) is 36.1. The first-order chi connectivity index (χ1) is 24.4. The van der Waals surface area contributed by atoms with Gasteiger partial charge in [0.1, 0.15) is 30.5 Å². The molecule has 2 aliphatic heterocycles. The zero-order valence-corrected chi connectivity index (χ0v) is 30.5. The van der Waals surface area contributed by atoms with Crippen molar-refractivity contribution in [3.05, 3.63) is 106 Å². The molecule has 0 bridgehead atoms. The zero-order chi connectivity index (χ0) is 34.8. The van der Waals surface area contributed by atoms with Crippen LogP contribution in [0, 0.1) is 19.3 Å². The molecule has 0 saturated carbocycles. The van der Waals surface area contributed by atoms with Crippen molar-refractivity contribution in [2.24, 2.45) is 5.41 Å². The third-order valence-electron chi connectivity index (χ3n) is 10.1. The quantitative estimate of drug-likeness (QED) is 0.111. The second-order valence-electron chi connectivity index (χ2n) is 13.7. The van der Waals surface area contributed by atoms with Crippen LogP contribution in [-0.2, 0) is 24.5 Å². The van der Waals surface area contributed by atoms with Gasteiger partial charge in [0, 0.05) is 74.3 Å². The number of nitrogens with zero attached hydrogens (tertiary/aromatic N) is 2. The summed E-state index contributed by atoms with van der Waals surface area (Å²) in [4.78, 5) is 6.80. The van der Waals surface area contributed by atoms with E-state index in [-0.39, 0.29) is 0 Å². The van der Waals surface area contributed by atoms with Crippen LogP contribution in [0.25, 0.3) is 11.1 Å². The first-order valence-corrected chi connectivity index (χ1v) is 18.3. The number of likely N-dealkylation sites (tertiary alicyclic amines) is 1. The lowest BCUT2D eigenvalue weighted by Crippen LogP contribution is -2.28. The second kappa shape index (κ2) is 17.5. The predicted molar refractivity (Wildman–Crippen MR) is 200 cm³/mol. The third-order valence-corrected chi connectivity index (χ3v) is 10.4. The second-order valence-corrected chi connectivity index (χ2v) is 14.1. The lowest BCUT2D eigenvalue weighted by atomic mass is 9.87. The number of halogens is 1. The van der Waals surface area contributed by atoms with Gasteiger partial charge in [-0.05, 0) is 92.7 Å².